The molecule has 2 rings (SSSR count). The van der Waals surface area contributed by atoms with E-state index in [9.17, 15) is 0 Å². The first kappa shape index (κ1) is 14.0. The highest BCUT2D eigenvalue weighted by molar-refractivity contribution is 7.09. The predicted octanol–water partition coefficient (Wildman–Crippen LogP) is 2.44. The van der Waals surface area contributed by atoms with Crippen molar-refractivity contribution in [1.29, 1.82) is 0 Å². The van der Waals surface area contributed by atoms with Crippen molar-refractivity contribution in [1.82, 2.24) is 9.88 Å². The van der Waals surface area contributed by atoms with Crippen molar-refractivity contribution >= 4 is 11.3 Å². The lowest BCUT2D eigenvalue weighted by Crippen LogP contribution is -2.43. The van der Waals surface area contributed by atoms with Gasteiger partial charge in [-0.1, -0.05) is 12.8 Å². The summed E-state index contributed by atoms with van der Waals surface area (Å²) in [6.07, 6.45) is 6.48. The third-order valence-corrected chi connectivity index (χ3v) is 5.27. The van der Waals surface area contributed by atoms with E-state index in [1.54, 1.807) is 11.3 Å². The first-order valence-electron chi connectivity index (χ1n) is 7.01. The van der Waals surface area contributed by atoms with E-state index in [-0.39, 0.29) is 0 Å². The van der Waals surface area contributed by atoms with Gasteiger partial charge in [-0.05, 0) is 45.7 Å². The van der Waals surface area contributed by atoms with E-state index in [0.29, 0.717) is 12.0 Å². The number of hydrogen-bond donors (Lipinski definition) is 1. The normalized spacial score (nSPS) is 24.7. The van der Waals surface area contributed by atoms with Gasteiger partial charge in [0.15, 0.2) is 0 Å². The summed E-state index contributed by atoms with van der Waals surface area (Å²) < 4.78 is 0. The molecule has 18 heavy (non-hydrogen) atoms. The molecule has 2 unspecified atom stereocenters. The Morgan fingerprint density at radius 3 is 2.89 bits per heavy atom. The maximum Gasteiger partial charge on any atom is 0.0797 e. The second-order valence-corrected chi connectivity index (χ2v) is 6.38. The van der Waals surface area contributed by atoms with Crippen LogP contribution in [0.15, 0.2) is 5.51 Å². The lowest BCUT2D eigenvalue weighted by molar-refractivity contribution is 0.135. The number of aromatic nitrogens is 1. The molecule has 0 bridgehead atoms. The van der Waals surface area contributed by atoms with Crippen molar-refractivity contribution in [3.05, 3.63) is 16.1 Å². The van der Waals surface area contributed by atoms with Crippen LogP contribution < -0.4 is 5.73 Å². The summed E-state index contributed by atoms with van der Waals surface area (Å²) in [6.45, 7) is 4.08. The van der Waals surface area contributed by atoms with E-state index in [1.165, 1.54) is 36.3 Å². The standard InChI is InChI=1S/C14H25N3S/c1-11-14(18-10-16-11)7-8-17(2)13-6-4-3-5-12(13)9-15/h10,12-13H,3-9,15H2,1-2H3. The Balaban J connectivity index is 1.86. The average molecular weight is 267 g/mol. The van der Waals surface area contributed by atoms with Crippen LogP contribution in [0.4, 0.5) is 0 Å². The number of aryl methyl sites for hydroxylation is 1. The van der Waals surface area contributed by atoms with Crippen LogP contribution in [0, 0.1) is 12.8 Å². The van der Waals surface area contributed by atoms with Gasteiger partial charge in [-0.2, -0.15) is 0 Å². The first-order valence-corrected chi connectivity index (χ1v) is 7.89. The molecule has 0 aromatic carbocycles. The Morgan fingerprint density at radius 2 is 2.22 bits per heavy atom. The van der Waals surface area contributed by atoms with Crippen molar-refractivity contribution in [2.24, 2.45) is 11.7 Å². The van der Waals surface area contributed by atoms with Gasteiger partial charge in [-0.3, -0.25) is 0 Å². The average Bonchev–Trinajstić information content (AvgIpc) is 2.81. The van der Waals surface area contributed by atoms with E-state index in [0.717, 1.165) is 19.5 Å². The molecule has 0 spiro atoms. The fourth-order valence-corrected chi connectivity index (χ4v) is 3.82. The van der Waals surface area contributed by atoms with Gasteiger partial charge in [-0.25, -0.2) is 4.98 Å². The zero-order valence-corrected chi connectivity index (χ0v) is 12.4. The molecule has 1 fully saturated rings. The summed E-state index contributed by atoms with van der Waals surface area (Å²) >= 11 is 1.78. The molecule has 1 aromatic heterocycles. The molecule has 1 saturated carbocycles. The van der Waals surface area contributed by atoms with Crippen LogP contribution in [0.1, 0.15) is 36.3 Å². The molecule has 1 heterocycles. The van der Waals surface area contributed by atoms with E-state index in [4.69, 9.17) is 5.73 Å². The molecule has 2 N–H and O–H groups in total. The van der Waals surface area contributed by atoms with Crippen LogP contribution >= 0.6 is 11.3 Å². The zero-order chi connectivity index (χ0) is 13.0. The monoisotopic (exact) mass is 267 g/mol. The fraction of sp³-hybridized carbons (Fsp3) is 0.786. The topological polar surface area (TPSA) is 42.2 Å². The second kappa shape index (κ2) is 6.64. The highest BCUT2D eigenvalue weighted by Gasteiger charge is 2.26. The number of hydrogen-bond acceptors (Lipinski definition) is 4. The summed E-state index contributed by atoms with van der Waals surface area (Å²) in [5, 5.41) is 0. The predicted molar refractivity (Wildman–Crippen MR) is 78.0 cm³/mol. The SMILES string of the molecule is Cc1ncsc1CCN(C)C1CCCCC1CN. The van der Waals surface area contributed by atoms with Crippen molar-refractivity contribution < 1.29 is 0 Å². The van der Waals surface area contributed by atoms with Crippen molar-refractivity contribution in [3.63, 3.8) is 0 Å². The van der Waals surface area contributed by atoms with Crippen LogP contribution in [0.5, 0.6) is 0 Å². The summed E-state index contributed by atoms with van der Waals surface area (Å²) in [7, 11) is 2.26. The molecule has 0 saturated heterocycles. The minimum atomic E-state index is 0.692. The molecule has 102 valence electrons. The van der Waals surface area contributed by atoms with Crippen LogP contribution in [0.3, 0.4) is 0 Å². The maximum absolute atomic E-state index is 5.91. The number of rotatable bonds is 5. The van der Waals surface area contributed by atoms with Crippen LogP contribution in [-0.2, 0) is 6.42 Å². The highest BCUT2D eigenvalue weighted by atomic mass is 32.1. The molecular weight excluding hydrogens is 242 g/mol. The number of nitrogens with two attached hydrogens (primary N) is 1. The fourth-order valence-electron chi connectivity index (χ4n) is 3.05. The minimum Gasteiger partial charge on any atom is -0.330 e. The van der Waals surface area contributed by atoms with E-state index < -0.39 is 0 Å². The molecule has 1 aliphatic rings. The van der Waals surface area contributed by atoms with Gasteiger partial charge in [0, 0.05) is 17.5 Å². The molecule has 0 radical (unpaired) electrons. The molecule has 4 heteroatoms. The van der Waals surface area contributed by atoms with Crippen LogP contribution in [0.25, 0.3) is 0 Å². The Hall–Kier alpha value is -0.450. The largest absolute Gasteiger partial charge is 0.330 e. The smallest absolute Gasteiger partial charge is 0.0797 e. The third-order valence-electron chi connectivity index (χ3n) is 4.27. The number of nitrogens with zero attached hydrogens (tertiary/aromatic N) is 2. The van der Waals surface area contributed by atoms with Gasteiger partial charge in [-0.15, -0.1) is 11.3 Å². The maximum atomic E-state index is 5.91. The van der Waals surface area contributed by atoms with E-state index in [2.05, 4.69) is 23.9 Å². The quantitative estimate of drug-likeness (QED) is 0.891. The Bertz CT molecular complexity index is 364. The van der Waals surface area contributed by atoms with E-state index >= 15 is 0 Å². The molecule has 0 amide bonds. The lowest BCUT2D eigenvalue weighted by Gasteiger charge is -2.37. The molecular formula is C14H25N3S. The molecule has 3 nitrogen and oxygen atoms in total. The minimum absolute atomic E-state index is 0.692. The van der Waals surface area contributed by atoms with Gasteiger partial charge in [0.25, 0.3) is 0 Å². The summed E-state index contributed by atoms with van der Waals surface area (Å²) in [4.78, 5) is 8.27. The van der Waals surface area contributed by atoms with Crippen LogP contribution in [0.2, 0.25) is 0 Å². The molecule has 2 atom stereocenters. The lowest BCUT2D eigenvalue weighted by atomic mass is 9.83. The van der Waals surface area contributed by atoms with Crippen molar-refractivity contribution in [2.75, 3.05) is 20.1 Å². The van der Waals surface area contributed by atoms with Crippen molar-refractivity contribution in [3.8, 4) is 0 Å². The third kappa shape index (κ3) is 3.31. The molecule has 1 aromatic rings. The molecule has 1 aliphatic carbocycles. The highest BCUT2D eigenvalue weighted by Crippen LogP contribution is 2.27. The number of likely N-dealkylation sites (N-methyl/N-ethyl adjacent to an activating group) is 1. The van der Waals surface area contributed by atoms with Gasteiger partial charge < -0.3 is 10.6 Å². The van der Waals surface area contributed by atoms with Gasteiger partial charge >= 0.3 is 0 Å². The number of thiazole rings is 1. The molecule has 0 aliphatic heterocycles. The van der Waals surface area contributed by atoms with Gasteiger partial charge in [0.05, 0.1) is 11.2 Å². The van der Waals surface area contributed by atoms with Gasteiger partial charge in [0.2, 0.25) is 0 Å². The van der Waals surface area contributed by atoms with E-state index in [1.807, 2.05) is 5.51 Å². The Morgan fingerprint density at radius 1 is 1.44 bits per heavy atom. The summed E-state index contributed by atoms with van der Waals surface area (Å²) in [6, 6.07) is 0.692. The summed E-state index contributed by atoms with van der Waals surface area (Å²) in [5.41, 5.74) is 9.07. The van der Waals surface area contributed by atoms with Crippen molar-refractivity contribution in [2.45, 2.75) is 45.1 Å². The zero-order valence-electron chi connectivity index (χ0n) is 11.6. The summed E-state index contributed by atoms with van der Waals surface area (Å²) in [5.74, 6) is 0.700. The Labute approximate surface area is 114 Å². The first-order chi connectivity index (χ1) is 8.72. The van der Waals surface area contributed by atoms with Crippen LogP contribution in [-0.4, -0.2) is 36.1 Å². The van der Waals surface area contributed by atoms with Gasteiger partial charge in [0.1, 0.15) is 0 Å². The Kier molecular flexibility index (Phi) is 5.15. The second-order valence-electron chi connectivity index (χ2n) is 5.44.